The van der Waals surface area contributed by atoms with Crippen LogP contribution in [-0.2, 0) is 6.54 Å². The fourth-order valence-electron chi connectivity index (χ4n) is 1.62. The number of carbonyl (C=O) groups excluding carboxylic acids is 1. The van der Waals surface area contributed by atoms with Crippen molar-refractivity contribution in [2.45, 2.75) is 12.7 Å². The summed E-state index contributed by atoms with van der Waals surface area (Å²) in [6.45, 7) is -0.900. The molecule has 2 rings (SSSR count). The van der Waals surface area contributed by atoms with Crippen LogP contribution in [0.15, 0.2) is 42.7 Å². The Bertz CT molecular complexity index is 578. The number of hydrogen-bond acceptors (Lipinski definition) is 2. The van der Waals surface area contributed by atoms with Gasteiger partial charge in [-0.3, -0.25) is 9.48 Å². The molecule has 106 valence electrons. The van der Waals surface area contributed by atoms with E-state index in [0.717, 1.165) is 5.56 Å². The van der Waals surface area contributed by atoms with Crippen LogP contribution in [0.1, 0.15) is 15.9 Å². The minimum Gasteiger partial charge on any atom is -0.343 e. The summed E-state index contributed by atoms with van der Waals surface area (Å²) < 4.78 is 37.5. The quantitative estimate of drug-likeness (QED) is 0.935. The van der Waals surface area contributed by atoms with Gasteiger partial charge in [0.15, 0.2) is 0 Å². The Morgan fingerprint density at radius 1 is 1.25 bits per heavy atom. The highest BCUT2D eigenvalue weighted by Gasteiger charge is 2.28. The minimum atomic E-state index is -4.42. The van der Waals surface area contributed by atoms with Crippen molar-refractivity contribution in [3.8, 4) is 0 Å². The number of nitrogens with one attached hydrogen (secondary N) is 1. The van der Waals surface area contributed by atoms with Crippen molar-refractivity contribution in [3.63, 3.8) is 0 Å². The maximum absolute atomic E-state index is 12.0. The molecule has 0 spiro atoms. The van der Waals surface area contributed by atoms with Crippen LogP contribution in [0.3, 0.4) is 0 Å². The molecule has 0 aliphatic rings. The third-order valence-corrected chi connectivity index (χ3v) is 2.53. The molecule has 0 fully saturated rings. The first-order valence-corrected chi connectivity index (χ1v) is 5.85. The summed E-state index contributed by atoms with van der Waals surface area (Å²) in [5, 5.41) is 5.75. The van der Waals surface area contributed by atoms with Gasteiger partial charge in [0.05, 0.1) is 18.3 Å². The Morgan fingerprint density at radius 2 is 1.95 bits per heavy atom. The maximum atomic E-state index is 12.0. The van der Waals surface area contributed by atoms with Crippen LogP contribution in [0, 0.1) is 0 Å². The Labute approximate surface area is 113 Å². The predicted octanol–water partition coefficient (Wildman–Crippen LogP) is 2.22. The summed E-state index contributed by atoms with van der Waals surface area (Å²) in [5.41, 5.74) is 1.09. The molecular weight excluding hydrogens is 271 g/mol. The zero-order valence-electron chi connectivity index (χ0n) is 10.4. The fourth-order valence-corrected chi connectivity index (χ4v) is 1.62. The van der Waals surface area contributed by atoms with Gasteiger partial charge in [0.1, 0.15) is 6.54 Å². The second kappa shape index (κ2) is 5.77. The van der Waals surface area contributed by atoms with Crippen molar-refractivity contribution in [2.24, 2.45) is 0 Å². The molecule has 1 aromatic heterocycles. The molecule has 0 bridgehead atoms. The molecule has 20 heavy (non-hydrogen) atoms. The number of alkyl halides is 3. The van der Waals surface area contributed by atoms with Crippen LogP contribution in [0.25, 0.3) is 0 Å². The summed E-state index contributed by atoms with van der Waals surface area (Å²) in [5.74, 6) is -0.790. The largest absolute Gasteiger partial charge is 0.405 e. The van der Waals surface area contributed by atoms with E-state index in [1.165, 1.54) is 17.1 Å². The van der Waals surface area contributed by atoms with Gasteiger partial charge in [-0.2, -0.15) is 18.3 Å². The smallest absolute Gasteiger partial charge is 0.343 e. The summed E-state index contributed by atoms with van der Waals surface area (Å²) in [7, 11) is 0. The highest BCUT2D eigenvalue weighted by Crippen LogP contribution is 2.12. The lowest BCUT2D eigenvalue weighted by molar-refractivity contribution is -0.123. The first-order valence-electron chi connectivity index (χ1n) is 5.85. The Balaban J connectivity index is 1.97. The molecule has 0 saturated heterocycles. The zero-order valence-corrected chi connectivity index (χ0v) is 10.4. The highest BCUT2D eigenvalue weighted by molar-refractivity contribution is 5.93. The Kier molecular flexibility index (Phi) is 4.07. The van der Waals surface area contributed by atoms with Crippen molar-refractivity contribution in [2.75, 3.05) is 6.54 Å². The fraction of sp³-hybridized carbons (Fsp3) is 0.231. The van der Waals surface area contributed by atoms with E-state index in [2.05, 4.69) is 5.10 Å². The molecule has 0 aliphatic carbocycles. The third kappa shape index (κ3) is 4.11. The molecule has 2 aromatic rings. The van der Waals surface area contributed by atoms with Gasteiger partial charge in [-0.15, -0.1) is 0 Å². The second-order valence-corrected chi connectivity index (χ2v) is 4.21. The Hall–Kier alpha value is -2.31. The molecule has 7 heteroatoms. The van der Waals surface area contributed by atoms with Gasteiger partial charge in [0.25, 0.3) is 5.91 Å². The van der Waals surface area contributed by atoms with E-state index in [0.29, 0.717) is 6.54 Å². The van der Waals surface area contributed by atoms with Crippen molar-refractivity contribution >= 4 is 5.91 Å². The van der Waals surface area contributed by atoms with Crippen molar-refractivity contribution in [1.82, 2.24) is 15.1 Å². The highest BCUT2D eigenvalue weighted by atomic mass is 19.4. The number of hydrogen-bond donors (Lipinski definition) is 1. The molecule has 0 atom stereocenters. The number of carbonyl (C=O) groups is 1. The van der Waals surface area contributed by atoms with Gasteiger partial charge in [0, 0.05) is 6.20 Å². The summed E-state index contributed by atoms with van der Waals surface area (Å²) in [4.78, 5) is 11.5. The molecule has 0 radical (unpaired) electrons. The van der Waals surface area contributed by atoms with Crippen LogP contribution in [0.2, 0.25) is 0 Å². The molecule has 1 heterocycles. The van der Waals surface area contributed by atoms with Crippen LogP contribution >= 0.6 is 0 Å². The van der Waals surface area contributed by atoms with E-state index < -0.39 is 18.6 Å². The number of benzene rings is 1. The minimum absolute atomic E-state index is 0.102. The van der Waals surface area contributed by atoms with Crippen LogP contribution < -0.4 is 5.32 Å². The van der Waals surface area contributed by atoms with Crippen molar-refractivity contribution in [3.05, 3.63) is 53.9 Å². The van der Waals surface area contributed by atoms with Gasteiger partial charge in [-0.05, 0) is 5.56 Å². The molecule has 1 N–H and O–H groups in total. The molecular formula is C13H12F3N3O. The Morgan fingerprint density at radius 3 is 2.60 bits per heavy atom. The standard InChI is InChI=1S/C13H12F3N3O/c14-13(15,16)9-17-12(20)11-6-18-19(8-11)7-10-4-2-1-3-5-10/h1-6,8H,7,9H2,(H,17,20). The van der Waals surface area contributed by atoms with E-state index in [-0.39, 0.29) is 5.56 Å². The van der Waals surface area contributed by atoms with Gasteiger partial charge < -0.3 is 5.32 Å². The monoisotopic (exact) mass is 283 g/mol. The van der Waals surface area contributed by atoms with Crippen LogP contribution in [0.5, 0.6) is 0 Å². The lowest BCUT2D eigenvalue weighted by Crippen LogP contribution is -2.33. The lowest BCUT2D eigenvalue weighted by Gasteiger charge is -2.06. The van der Waals surface area contributed by atoms with Crippen molar-refractivity contribution < 1.29 is 18.0 Å². The number of halogens is 3. The first kappa shape index (κ1) is 14.1. The first-order chi connectivity index (χ1) is 9.44. The molecule has 1 aromatic carbocycles. The zero-order chi connectivity index (χ0) is 14.6. The topological polar surface area (TPSA) is 46.9 Å². The molecule has 4 nitrogen and oxygen atoms in total. The van der Waals surface area contributed by atoms with E-state index >= 15 is 0 Å². The third-order valence-electron chi connectivity index (χ3n) is 2.53. The molecule has 0 saturated carbocycles. The second-order valence-electron chi connectivity index (χ2n) is 4.21. The van der Waals surface area contributed by atoms with Crippen molar-refractivity contribution in [1.29, 1.82) is 0 Å². The number of nitrogens with zero attached hydrogens (tertiary/aromatic N) is 2. The summed E-state index contributed by atoms with van der Waals surface area (Å²) >= 11 is 0. The lowest BCUT2D eigenvalue weighted by atomic mass is 10.2. The van der Waals surface area contributed by atoms with Gasteiger partial charge in [-0.1, -0.05) is 30.3 Å². The van der Waals surface area contributed by atoms with E-state index in [1.54, 1.807) is 5.32 Å². The number of rotatable bonds is 4. The maximum Gasteiger partial charge on any atom is 0.405 e. The predicted molar refractivity (Wildman–Crippen MR) is 66.2 cm³/mol. The van der Waals surface area contributed by atoms with E-state index in [1.807, 2.05) is 30.3 Å². The average molecular weight is 283 g/mol. The van der Waals surface area contributed by atoms with Gasteiger partial charge >= 0.3 is 6.18 Å². The molecule has 0 unspecified atom stereocenters. The van der Waals surface area contributed by atoms with Gasteiger partial charge in [0.2, 0.25) is 0 Å². The average Bonchev–Trinajstić information content (AvgIpc) is 2.85. The SMILES string of the molecule is O=C(NCC(F)(F)F)c1cnn(Cc2ccccc2)c1. The van der Waals surface area contributed by atoms with Gasteiger partial charge in [-0.25, -0.2) is 0 Å². The van der Waals surface area contributed by atoms with E-state index in [9.17, 15) is 18.0 Å². The van der Waals surface area contributed by atoms with Crippen LogP contribution in [0.4, 0.5) is 13.2 Å². The van der Waals surface area contributed by atoms with Crippen LogP contribution in [-0.4, -0.2) is 28.4 Å². The molecule has 1 amide bonds. The molecule has 0 aliphatic heterocycles. The number of aromatic nitrogens is 2. The number of amides is 1. The summed E-state index contributed by atoms with van der Waals surface area (Å²) in [6.07, 6.45) is -1.76. The normalized spacial score (nSPS) is 11.3. The summed E-state index contributed by atoms with van der Waals surface area (Å²) in [6, 6.07) is 9.41. The van der Waals surface area contributed by atoms with E-state index in [4.69, 9.17) is 0 Å².